The molecular weight excluding hydrogens is 236 g/mol. The monoisotopic (exact) mass is 254 g/mol. The molecule has 0 amide bonds. The molecule has 0 fully saturated rings. The Morgan fingerprint density at radius 1 is 1.06 bits per heavy atom. The van der Waals surface area contributed by atoms with E-state index in [1.165, 1.54) is 6.92 Å². The Morgan fingerprint density at radius 3 is 2.17 bits per heavy atom. The van der Waals surface area contributed by atoms with E-state index in [1.54, 1.807) is 27.7 Å². The molecule has 0 saturated carbocycles. The van der Waals surface area contributed by atoms with E-state index in [1.807, 2.05) is 0 Å². The second-order valence-corrected chi connectivity index (χ2v) is 6.23. The van der Waals surface area contributed by atoms with Crippen molar-refractivity contribution >= 4 is 11.6 Å². The molecule has 0 aromatic carbocycles. The predicted molar refractivity (Wildman–Crippen MR) is 62.0 cm³/mol. The van der Waals surface area contributed by atoms with Gasteiger partial charge in [0.25, 0.3) is 0 Å². The minimum Gasteiger partial charge on any atom is -0.362 e. The Hall–Kier alpha value is -1.20. The molecular formula is C13H18O5. The highest BCUT2D eigenvalue weighted by atomic mass is 17.2. The van der Waals surface area contributed by atoms with Gasteiger partial charge in [0.15, 0.2) is 17.3 Å². The van der Waals surface area contributed by atoms with Crippen molar-refractivity contribution in [2.75, 3.05) is 0 Å². The Kier molecular flexibility index (Phi) is 2.52. The number of hydrogen-bond acceptors (Lipinski definition) is 5. The van der Waals surface area contributed by atoms with Gasteiger partial charge in [0, 0.05) is 12.0 Å². The lowest BCUT2D eigenvalue weighted by Gasteiger charge is -2.43. The van der Waals surface area contributed by atoms with Crippen LogP contribution in [-0.2, 0) is 19.4 Å². The van der Waals surface area contributed by atoms with Crippen molar-refractivity contribution in [2.24, 2.45) is 10.8 Å². The lowest BCUT2D eigenvalue weighted by Crippen LogP contribution is -2.52. The molecule has 0 bridgehead atoms. The third-order valence-electron chi connectivity index (χ3n) is 3.63. The number of ketones is 2. The molecule has 0 saturated heterocycles. The van der Waals surface area contributed by atoms with Gasteiger partial charge in [-0.2, -0.15) is 4.89 Å². The molecule has 1 aliphatic heterocycles. The molecule has 1 aliphatic carbocycles. The predicted octanol–water partition coefficient (Wildman–Crippen LogP) is 1.51. The topological polar surface area (TPSA) is 72.8 Å². The van der Waals surface area contributed by atoms with Gasteiger partial charge in [-0.25, -0.2) is 0 Å². The van der Waals surface area contributed by atoms with E-state index in [0.717, 1.165) is 0 Å². The smallest absolute Gasteiger partial charge is 0.212 e. The first-order valence-corrected chi connectivity index (χ1v) is 5.91. The van der Waals surface area contributed by atoms with Gasteiger partial charge in [0.1, 0.15) is 0 Å². The van der Waals surface area contributed by atoms with E-state index >= 15 is 0 Å². The fourth-order valence-electron chi connectivity index (χ4n) is 2.65. The van der Waals surface area contributed by atoms with Crippen LogP contribution in [0, 0.1) is 10.8 Å². The Balaban J connectivity index is 2.61. The fraction of sp³-hybridized carbons (Fsp3) is 0.692. The summed E-state index contributed by atoms with van der Waals surface area (Å²) >= 11 is 0. The minimum atomic E-state index is -1.54. The van der Waals surface area contributed by atoms with Crippen molar-refractivity contribution in [1.29, 1.82) is 0 Å². The number of aliphatic hydroxyl groups is 1. The Labute approximate surface area is 106 Å². The van der Waals surface area contributed by atoms with E-state index in [0.29, 0.717) is 5.57 Å². The second kappa shape index (κ2) is 3.42. The van der Waals surface area contributed by atoms with Crippen LogP contribution >= 0.6 is 0 Å². The Morgan fingerprint density at radius 2 is 1.61 bits per heavy atom. The van der Waals surface area contributed by atoms with Crippen LogP contribution in [0.4, 0.5) is 0 Å². The summed E-state index contributed by atoms with van der Waals surface area (Å²) in [7, 11) is 0. The number of carbonyl (C=O) groups excluding carboxylic acids is 2. The number of allylic oxidation sites excluding steroid dienone is 1. The van der Waals surface area contributed by atoms with Crippen molar-refractivity contribution in [3.05, 3.63) is 11.3 Å². The van der Waals surface area contributed by atoms with Crippen molar-refractivity contribution < 1.29 is 24.5 Å². The molecule has 1 atom stereocenters. The van der Waals surface area contributed by atoms with Crippen LogP contribution in [-0.4, -0.2) is 22.5 Å². The van der Waals surface area contributed by atoms with Crippen LogP contribution in [0.1, 0.15) is 41.0 Å². The van der Waals surface area contributed by atoms with Gasteiger partial charge in [0.2, 0.25) is 5.79 Å². The quantitative estimate of drug-likeness (QED) is 0.524. The maximum atomic E-state index is 12.3. The molecule has 1 heterocycles. The Bertz CT molecular complexity index is 468. The first-order valence-electron chi connectivity index (χ1n) is 5.91. The van der Waals surface area contributed by atoms with Crippen molar-refractivity contribution in [2.45, 2.75) is 46.8 Å². The molecule has 1 N–H and O–H groups in total. The summed E-state index contributed by atoms with van der Waals surface area (Å²) in [4.78, 5) is 34.5. The van der Waals surface area contributed by atoms with Gasteiger partial charge in [-0.05, 0) is 34.6 Å². The van der Waals surface area contributed by atoms with Crippen molar-refractivity contribution in [3.8, 4) is 0 Å². The van der Waals surface area contributed by atoms with Crippen LogP contribution < -0.4 is 0 Å². The van der Waals surface area contributed by atoms with E-state index in [9.17, 15) is 14.7 Å². The third kappa shape index (κ3) is 1.61. The van der Waals surface area contributed by atoms with Crippen LogP contribution in [0.3, 0.4) is 0 Å². The van der Waals surface area contributed by atoms with E-state index in [4.69, 9.17) is 9.78 Å². The molecule has 100 valence electrons. The molecule has 1 unspecified atom stereocenters. The molecule has 5 heteroatoms. The van der Waals surface area contributed by atoms with Crippen molar-refractivity contribution in [1.82, 2.24) is 0 Å². The van der Waals surface area contributed by atoms with Crippen LogP contribution in [0.25, 0.3) is 0 Å². The standard InChI is InChI=1S/C13H18O5/c1-11(2)8(14)7-6-13(5,16)18-17-9(7)12(3,4)10(11)15/h16H,6H2,1-5H3. The minimum absolute atomic E-state index is 0.0291. The lowest BCUT2D eigenvalue weighted by atomic mass is 9.62. The lowest BCUT2D eigenvalue weighted by molar-refractivity contribution is -0.407. The fourth-order valence-corrected chi connectivity index (χ4v) is 2.65. The zero-order chi connectivity index (χ0) is 13.9. The third-order valence-corrected chi connectivity index (χ3v) is 3.63. The van der Waals surface area contributed by atoms with E-state index in [2.05, 4.69) is 0 Å². The molecule has 18 heavy (non-hydrogen) atoms. The van der Waals surface area contributed by atoms with Gasteiger partial charge < -0.3 is 9.99 Å². The summed E-state index contributed by atoms with van der Waals surface area (Å²) < 4.78 is 0. The molecule has 2 rings (SSSR count). The van der Waals surface area contributed by atoms with Crippen molar-refractivity contribution in [3.63, 3.8) is 0 Å². The van der Waals surface area contributed by atoms with Gasteiger partial charge in [-0.15, -0.1) is 0 Å². The average Bonchev–Trinajstić information content (AvgIpc) is 2.23. The maximum absolute atomic E-state index is 12.3. The second-order valence-electron chi connectivity index (χ2n) is 6.23. The summed E-state index contributed by atoms with van der Waals surface area (Å²) in [5.74, 6) is -1.82. The zero-order valence-electron chi connectivity index (χ0n) is 11.3. The van der Waals surface area contributed by atoms with E-state index in [-0.39, 0.29) is 23.7 Å². The maximum Gasteiger partial charge on any atom is 0.212 e. The summed E-state index contributed by atoms with van der Waals surface area (Å²) in [5.41, 5.74) is -1.68. The summed E-state index contributed by atoms with van der Waals surface area (Å²) in [6.45, 7) is 8.02. The molecule has 0 aromatic heterocycles. The first kappa shape index (κ1) is 13.2. The summed E-state index contributed by atoms with van der Waals surface area (Å²) in [6, 6.07) is 0. The number of carbonyl (C=O) groups is 2. The average molecular weight is 254 g/mol. The highest BCUT2D eigenvalue weighted by Gasteiger charge is 2.56. The zero-order valence-corrected chi connectivity index (χ0v) is 11.3. The SMILES string of the molecule is CC1(O)CC2=C(OO1)C(C)(C)C(=O)C(C)(C)C2=O. The molecule has 0 radical (unpaired) electrons. The van der Waals surface area contributed by atoms with Crippen LogP contribution in [0.2, 0.25) is 0 Å². The molecule has 5 nitrogen and oxygen atoms in total. The molecule has 2 aliphatic rings. The highest BCUT2D eigenvalue weighted by molar-refractivity contribution is 6.19. The summed E-state index contributed by atoms with van der Waals surface area (Å²) in [5, 5.41) is 9.82. The van der Waals surface area contributed by atoms with Gasteiger partial charge in [-0.1, -0.05) is 0 Å². The first-order chi connectivity index (χ1) is 8.00. The summed E-state index contributed by atoms with van der Waals surface area (Å²) in [6.07, 6.45) is 0.0291. The normalized spacial score (nSPS) is 34.1. The van der Waals surface area contributed by atoms with Crippen LogP contribution in [0.15, 0.2) is 11.3 Å². The van der Waals surface area contributed by atoms with Crippen LogP contribution in [0.5, 0.6) is 0 Å². The number of rotatable bonds is 0. The largest absolute Gasteiger partial charge is 0.362 e. The van der Waals surface area contributed by atoms with Gasteiger partial charge in [-0.3, -0.25) is 9.59 Å². The number of hydrogen-bond donors (Lipinski definition) is 1. The highest BCUT2D eigenvalue weighted by Crippen LogP contribution is 2.48. The molecule has 0 aromatic rings. The van der Waals surface area contributed by atoms with E-state index < -0.39 is 16.6 Å². The van der Waals surface area contributed by atoms with Gasteiger partial charge in [0.05, 0.1) is 10.8 Å². The van der Waals surface area contributed by atoms with Gasteiger partial charge >= 0.3 is 0 Å². The number of Topliss-reactive ketones (excluding diaryl/α,β-unsaturated/α-hetero) is 2. The molecule has 0 spiro atoms.